The van der Waals surface area contributed by atoms with E-state index < -0.39 is 0 Å². The van der Waals surface area contributed by atoms with Crippen LogP contribution in [0.2, 0.25) is 0 Å². The number of methoxy groups -OCH3 is 1. The van der Waals surface area contributed by atoms with Gasteiger partial charge in [0.15, 0.2) is 0 Å². The van der Waals surface area contributed by atoms with Crippen LogP contribution in [0.1, 0.15) is 16.8 Å². The molecule has 2 aromatic rings. The largest absolute Gasteiger partial charge is 0.497 e. The van der Waals surface area contributed by atoms with Crippen LogP contribution in [0, 0.1) is 0 Å². The fraction of sp³-hybridized carbons (Fsp3) is 0.263. The molecule has 26 heavy (non-hydrogen) atoms. The van der Waals surface area contributed by atoms with Crippen LogP contribution >= 0.6 is 15.9 Å². The van der Waals surface area contributed by atoms with Gasteiger partial charge in [-0.1, -0.05) is 12.1 Å². The van der Waals surface area contributed by atoms with Crippen molar-refractivity contribution in [2.24, 2.45) is 0 Å². The molecule has 6 nitrogen and oxygen atoms in total. The summed E-state index contributed by atoms with van der Waals surface area (Å²) in [6, 6.07) is 12.6. The lowest BCUT2D eigenvalue weighted by Crippen LogP contribution is -2.44. The number of amides is 2. The third kappa shape index (κ3) is 2.92. The summed E-state index contributed by atoms with van der Waals surface area (Å²) in [4.78, 5) is 27.2. The van der Waals surface area contributed by atoms with Crippen molar-refractivity contribution in [3.05, 3.63) is 52.5 Å². The van der Waals surface area contributed by atoms with Gasteiger partial charge in [0.2, 0.25) is 5.91 Å². The molecule has 0 unspecified atom stereocenters. The van der Waals surface area contributed by atoms with Gasteiger partial charge in [0.1, 0.15) is 11.8 Å². The number of nitrogens with one attached hydrogen (secondary N) is 2. The molecule has 0 aromatic heterocycles. The molecule has 0 aliphatic carbocycles. The van der Waals surface area contributed by atoms with Crippen LogP contribution in [0.3, 0.4) is 0 Å². The topological polar surface area (TPSA) is 70.7 Å². The summed E-state index contributed by atoms with van der Waals surface area (Å²) >= 11 is 3.41. The van der Waals surface area contributed by atoms with Crippen LogP contribution in [0.4, 0.5) is 11.4 Å². The summed E-state index contributed by atoms with van der Waals surface area (Å²) in [5.74, 6) is 0.410. The number of carbonyl (C=O) groups is 2. The van der Waals surface area contributed by atoms with Crippen LogP contribution < -0.4 is 20.3 Å². The van der Waals surface area contributed by atoms with Gasteiger partial charge in [0, 0.05) is 17.1 Å². The molecule has 2 amide bonds. The number of rotatable bonds is 3. The zero-order valence-corrected chi connectivity index (χ0v) is 15.7. The highest BCUT2D eigenvalue weighted by molar-refractivity contribution is 9.10. The average Bonchev–Trinajstić information content (AvgIpc) is 3.07. The molecule has 2 aliphatic heterocycles. The van der Waals surface area contributed by atoms with Crippen molar-refractivity contribution < 1.29 is 14.3 Å². The van der Waals surface area contributed by atoms with E-state index in [1.807, 2.05) is 24.3 Å². The highest BCUT2D eigenvalue weighted by Crippen LogP contribution is 2.36. The van der Waals surface area contributed by atoms with Crippen molar-refractivity contribution in [3.63, 3.8) is 0 Å². The zero-order chi connectivity index (χ0) is 18.3. The Morgan fingerprint density at radius 1 is 1.31 bits per heavy atom. The van der Waals surface area contributed by atoms with Gasteiger partial charge in [-0.15, -0.1) is 0 Å². The van der Waals surface area contributed by atoms with Gasteiger partial charge < -0.3 is 20.3 Å². The Morgan fingerprint density at radius 3 is 2.92 bits per heavy atom. The minimum absolute atomic E-state index is 0.0250. The molecule has 134 valence electrons. The van der Waals surface area contributed by atoms with Crippen LogP contribution in [-0.2, 0) is 4.79 Å². The third-order valence-electron chi connectivity index (χ3n) is 4.83. The van der Waals surface area contributed by atoms with Crippen molar-refractivity contribution in [2.75, 3.05) is 23.9 Å². The molecular formula is C19H18BrN3O3. The number of fused-ring (bicyclic) bond motifs is 3. The normalized spacial score (nSPS) is 20.8. The molecule has 0 spiro atoms. The Hall–Kier alpha value is -2.54. The summed E-state index contributed by atoms with van der Waals surface area (Å²) in [7, 11) is 1.57. The van der Waals surface area contributed by atoms with Crippen molar-refractivity contribution in [3.8, 4) is 5.75 Å². The Morgan fingerprint density at radius 2 is 2.12 bits per heavy atom. The first-order chi connectivity index (χ1) is 12.6. The molecular weight excluding hydrogens is 398 g/mol. The SMILES string of the molecule is COc1ccc(Br)c(C(=O)N[C@H]2C[C@H]3C(=O)Nc4ccccc4N3C2)c1. The first kappa shape index (κ1) is 16.9. The van der Waals surface area contributed by atoms with Crippen molar-refractivity contribution in [2.45, 2.75) is 18.5 Å². The van der Waals surface area contributed by atoms with Gasteiger partial charge in [-0.25, -0.2) is 0 Å². The molecule has 1 saturated heterocycles. The Kier molecular flexibility index (Phi) is 4.32. The van der Waals surface area contributed by atoms with Crippen LogP contribution in [0.5, 0.6) is 5.75 Å². The van der Waals surface area contributed by atoms with Crippen molar-refractivity contribution in [1.29, 1.82) is 0 Å². The molecule has 2 N–H and O–H groups in total. The van der Waals surface area contributed by atoms with Gasteiger partial charge in [0.25, 0.3) is 5.91 Å². The van der Waals surface area contributed by atoms with E-state index in [0.717, 1.165) is 11.4 Å². The molecule has 2 atom stereocenters. The number of ether oxygens (including phenoxy) is 1. The van der Waals surface area contributed by atoms with E-state index >= 15 is 0 Å². The van der Waals surface area contributed by atoms with E-state index in [1.165, 1.54) is 0 Å². The highest BCUT2D eigenvalue weighted by atomic mass is 79.9. The van der Waals surface area contributed by atoms with Crippen LogP contribution in [0.25, 0.3) is 0 Å². The molecule has 0 bridgehead atoms. The first-order valence-corrected chi connectivity index (χ1v) is 9.17. The molecule has 2 heterocycles. The first-order valence-electron chi connectivity index (χ1n) is 8.38. The molecule has 0 saturated carbocycles. The van der Waals surface area contributed by atoms with E-state index in [1.54, 1.807) is 25.3 Å². The van der Waals surface area contributed by atoms with Gasteiger partial charge in [-0.2, -0.15) is 0 Å². The van der Waals surface area contributed by atoms with Crippen molar-refractivity contribution in [1.82, 2.24) is 5.32 Å². The second-order valence-electron chi connectivity index (χ2n) is 6.43. The van der Waals surface area contributed by atoms with Gasteiger partial charge in [0.05, 0.1) is 24.0 Å². The standard InChI is InChI=1S/C19H18BrN3O3/c1-26-12-6-7-14(20)13(9-12)18(24)21-11-8-17-19(25)22-15-4-2-3-5-16(15)23(17)10-11/h2-7,9,11,17H,8,10H2,1H3,(H,21,24)(H,22,25)/t11-,17-/m0/s1. The van der Waals surface area contributed by atoms with Gasteiger partial charge in [-0.05, 0) is 52.7 Å². The molecule has 2 aliphatic rings. The van der Waals surface area contributed by atoms with Crippen LogP contribution in [0.15, 0.2) is 46.9 Å². The molecule has 4 rings (SSSR count). The number of carbonyl (C=O) groups excluding carboxylic acids is 2. The summed E-state index contributed by atoms with van der Waals surface area (Å²) in [6.07, 6.45) is 0.577. The zero-order valence-electron chi connectivity index (χ0n) is 14.2. The highest BCUT2D eigenvalue weighted by Gasteiger charge is 2.41. The number of para-hydroxylation sites is 2. The lowest BCUT2D eigenvalue weighted by atomic mass is 10.1. The summed E-state index contributed by atoms with van der Waals surface area (Å²) in [6.45, 7) is 0.600. The molecule has 2 aromatic carbocycles. The van der Waals surface area contributed by atoms with E-state index in [4.69, 9.17) is 4.74 Å². The fourth-order valence-electron chi connectivity index (χ4n) is 3.57. The maximum Gasteiger partial charge on any atom is 0.252 e. The maximum absolute atomic E-state index is 12.7. The molecule has 7 heteroatoms. The van der Waals surface area contributed by atoms with E-state index in [-0.39, 0.29) is 23.9 Å². The third-order valence-corrected chi connectivity index (χ3v) is 5.52. The predicted molar refractivity (Wildman–Crippen MR) is 103 cm³/mol. The summed E-state index contributed by atoms with van der Waals surface area (Å²) in [5.41, 5.74) is 2.33. The Labute approximate surface area is 159 Å². The lowest BCUT2D eigenvalue weighted by molar-refractivity contribution is -0.117. The number of nitrogens with zero attached hydrogens (tertiary/aromatic N) is 1. The van der Waals surface area contributed by atoms with Gasteiger partial charge in [-0.3, -0.25) is 9.59 Å². The van der Waals surface area contributed by atoms with E-state index in [9.17, 15) is 9.59 Å². The van der Waals surface area contributed by atoms with E-state index in [0.29, 0.717) is 28.8 Å². The van der Waals surface area contributed by atoms with E-state index in [2.05, 4.69) is 31.5 Å². The number of hydrogen-bond acceptors (Lipinski definition) is 4. The number of benzene rings is 2. The summed E-state index contributed by atoms with van der Waals surface area (Å²) < 4.78 is 5.90. The second kappa shape index (κ2) is 6.64. The Bertz CT molecular complexity index is 886. The number of halogens is 1. The molecule has 0 radical (unpaired) electrons. The lowest BCUT2D eigenvalue weighted by Gasteiger charge is -2.32. The minimum Gasteiger partial charge on any atom is -0.497 e. The maximum atomic E-state index is 12.7. The minimum atomic E-state index is -0.260. The second-order valence-corrected chi connectivity index (χ2v) is 7.28. The predicted octanol–water partition coefficient (Wildman–Crippen LogP) is 2.79. The monoisotopic (exact) mass is 415 g/mol. The average molecular weight is 416 g/mol. The van der Waals surface area contributed by atoms with Crippen molar-refractivity contribution >= 4 is 39.1 Å². The number of hydrogen-bond donors (Lipinski definition) is 2. The fourth-order valence-corrected chi connectivity index (χ4v) is 4.00. The van der Waals surface area contributed by atoms with Gasteiger partial charge >= 0.3 is 0 Å². The molecule has 1 fully saturated rings. The summed E-state index contributed by atoms with van der Waals surface area (Å²) in [5, 5.41) is 5.99. The smallest absolute Gasteiger partial charge is 0.252 e. The quantitative estimate of drug-likeness (QED) is 0.808. The Balaban J connectivity index is 1.53. The number of anilines is 2. The van der Waals surface area contributed by atoms with Crippen LogP contribution in [-0.4, -0.2) is 37.6 Å².